The summed E-state index contributed by atoms with van der Waals surface area (Å²) in [5.74, 6) is -0.0832. The predicted octanol–water partition coefficient (Wildman–Crippen LogP) is 5.38. The van der Waals surface area contributed by atoms with Crippen molar-refractivity contribution < 1.29 is 17.7 Å². The van der Waals surface area contributed by atoms with E-state index >= 15 is 0 Å². The maximum absolute atomic E-state index is 10.6. The van der Waals surface area contributed by atoms with E-state index in [9.17, 15) is 8.42 Å². The molecule has 6 heteroatoms. The van der Waals surface area contributed by atoms with Crippen LogP contribution in [0.3, 0.4) is 0 Å². The van der Waals surface area contributed by atoms with Crippen LogP contribution in [0.5, 0.6) is 0 Å². The minimum Gasteiger partial charge on any atom is -0.385 e. The van der Waals surface area contributed by atoms with Gasteiger partial charge in [0.25, 0.3) is 10.1 Å². The van der Waals surface area contributed by atoms with Gasteiger partial charge in [-0.3, -0.25) is 4.55 Å². The van der Waals surface area contributed by atoms with Crippen molar-refractivity contribution in [2.45, 2.75) is 103 Å². The second-order valence-corrected chi connectivity index (χ2v) is 8.51. The van der Waals surface area contributed by atoms with Crippen LogP contribution in [0.1, 0.15) is 103 Å². The average molecular weight is 388 g/mol. The number of rotatable bonds is 19. The van der Waals surface area contributed by atoms with Gasteiger partial charge in [-0.1, -0.05) is 89.9 Å². The van der Waals surface area contributed by atoms with Gasteiger partial charge in [-0.25, -0.2) is 0 Å². The molecule has 4 nitrogen and oxygen atoms in total. The summed E-state index contributed by atoms with van der Waals surface area (Å²) < 4.78 is 34.8. The van der Waals surface area contributed by atoms with E-state index in [0.29, 0.717) is 6.42 Å². The third-order valence-electron chi connectivity index (χ3n) is 4.50. The largest absolute Gasteiger partial charge is 0.385 e. The minimum absolute atomic E-state index is 0. The molecule has 0 aliphatic heterocycles. The normalized spacial score (nSPS) is 11.4. The second-order valence-electron chi connectivity index (χ2n) is 6.94. The standard InChI is InChI=1S/C19H40O4S.Na/c1-23-18-16-14-12-10-8-6-4-2-3-5-7-9-11-13-15-17-19-24(20,21)22;/h2-19H2,1H3,(H,20,21,22);. The monoisotopic (exact) mass is 387 g/mol. The first-order chi connectivity index (χ1) is 11.6. The van der Waals surface area contributed by atoms with Gasteiger partial charge in [0.15, 0.2) is 0 Å². The Labute approximate surface area is 178 Å². The molecule has 0 unspecified atom stereocenters. The van der Waals surface area contributed by atoms with Crippen LogP contribution in [0.25, 0.3) is 0 Å². The minimum atomic E-state index is -3.75. The molecular weight excluding hydrogens is 347 g/mol. The summed E-state index contributed by atoms with van der Waals surface area (Å²) in [6, 6.07) is 0. The fraction of sp³-hybridized carbons (Fsp3) is 1.00. The molecule has 147 valence electrons. The van der Waals surface area contributed by atoms with E-state index in [-0.39, 0.29) is 35.3 Å². The van der Waals surface area contributed by atoms with Crippen LogP contribution in [0.2, 0.25) is 0 Å². The van der Waals surface area contributed by atoms with Crippen molar-refractivity contribution in [3.8, 4) is 0 Å². The van der Waals surface area contributed by atoms with Crippen LogP contribution in [0.4, 0.5) is 0 Å². The zero-order chi connectivity index (χ0) is 17.9. The molecule has 25 heavy (non-hydrogen) atoms. The maximum atomic E-state index is 10.6. The van der Waals surface area contributed by atoms with E-state index in [4.69, 9.17) is 9.29 Å². The van der Waals surface area contributed by atoms with Crippen molar-refractivity contribution in [1.82, 2.24) is 0 Å². The quantitative estimate of drug-likeness (QED) is 0.184. The molecule has 0 bridgehead atoms. The number of unbranched alkanes of at least 4 members (excludes halogenated alkanes) is 15. The zero-order valence-electron chi connectivity index (χ0n) is 16.8. The van der Waals surface area contributed by atoms with Crippen molar-refractivity contribution in [2.75, 3.05) is 19.5 Å². The number of methoxy groups -OCH3 is 1. The number of hydrogen-bond acceptors (Lipinski definition) is 3. The van der Waals surface area contributed by atoms with E-state index < -0.39 is 10.1 Å². The third kappa shape index (κ3) is 27.2. The third-order valence-corrected chi connectivity index (χ3v) is 5.31. The Bertz CT molecular complexity index is 347. The number of ether oxygens (including phenoxy) is 1. The van der Waals surface area contributed by atoms with Crippen molar-refractivity contribution in [2.24, 2.45) is 0 Å². The summed E-state index contributed by atoms with van der Waals surface area (Å²) >= 11 is 0. The van der Waals surface area contributed by atoms with Gasteiger partial charge in [0.1, 0.15) is 0 Å². The van der Waals surface area contributed by atoms with Crippen molar-refractivity contribution in [3.05, 3.63) is 0 Å². The molecule has 0 saturated heterocycles. The van der Waals surface area contributed by atoms with Crippen LogP contribution in [-0.4, -0.2) is 62.0 Å². The van der Waals surface area contributed by atoms with E-state index in [0.717, 1.165) is 19.4 Å². The summed E-state index contributed by atoms with van der Waals surface area (Å²) in [7, 11) is -1.98. The molecule has 0 aromatic rings. The van der Waals surface area contributed by atoms with E-state index in [1.54, 1.807) is 7.11 Å². The summed E-state index contributed by atoms with van der Waals surface area (Å²) in [5, 5.41) is 0. The van der Waals surface area contributed by atoms with Crippen LogP contribution in [0.15, 0.2) is 0 Å². The fourth-order valence-corrected chi connectivity index (χ4v) is 3.57. The van der Waals surface area contributed by atoms with Gasteiger partial charge in [0, 0.05) is 43.3 Å². The summed E-state index contributed by atoms with van der Waals surface area (Å²) in [4.78, 5) is 0. The van der Waals surface area contributed by atoms with Gasteiger partial charge < -0.3 is 4.74 Å². The maximum Gasteiger partial charge on any atom is 0.264 e. The summed E-state index contributed by atoms with van der Waals surface area (Å²) in [6.45, 7) is 0.907. The Morgan fingerprint density at radius 2 is 0.880 bits per heavy atom. The Kier molecular flexibility index (Phi) is 23.8. The zero-order valence-corrected chi connectivity index (χ0v) is 19.6. The first-order valence-corrected chi connectivity index (χ1v) is 11.6. The van der Waals surface area contributed by atoms with Crippen LogP contribution in [0, 0.1) is 0 Å². The average Bonchev–Trinajstić information content (AvgIpc) is 2.52. The molecule has 1 radical (unpaired) electrons. The van der Waals surface area contributed by atoms with E-state index in [1.165, 1.54) is 83.5 Å². The fourth-order valence-electron chi connectivity index (χ4n) is 3.01. The van der Waals surface area contributed by atoms with Crippen molar-refractivity contribution in [3.63, 3.8) is 0 Å². The van der Waals surface area contributed by atoms with Gasteiger partial charge in [-0.05, 0) is 12.8 Å². The first kappa shape index (κ1) is 28.1. The van der Waals surface area contributed by atoms with Crippen LogP contribution >= 0.6 is 0 Å². The Hall–Kier alpha value is 0.870. The molecule has 0 saturated carbocycles. The summed E-state index contributed by atoms with van der Waals surface area (Å²) in [6.07, 6.45) is 19.8. The SMILES string of the molecule is COCCCCCCCCCCCCCCCCCCS(=O)(=O)O.[Na]. The van der Waals surface area contributed by atoms with Crippen LogP contribution in [-0.2, 0) is 14.9 Å². The van der Waals surface area contributed by atoms with Gasteiger partial charge >= 0.3 is 0 Å². The van der Waals surface area contributed by atoms with Gasteiger partial charge in [-0.2, -0.15) is 8.42 Å². The molecule has 0 atom stereocenters. The van der Waals surface area contributed by atoms with E-state index in [2.05, 4.69) is 0 Å². The summed E-state index contributed by atoms with van der Waals surface area (Å²) in [5.41, 5.74) is 0. The number of hydrogen-bond donors (Lipinski definition) is 1. The van der Waals surface area contributed by atoms with Gasteiger partial charge in [0.2, 0.25) is 0 Å². The first-order valence-electron chi connectivity index (χ1n) is 10.0. The molecule has 0 heterocycles. The molecule has 0 spiro atoms. The Morgan fingerprint density at radius 3 is 1.16 bits per heavy atom. The van der Waals surface area contributed by atoms with E-state index in [1.807, 2.05) is 0 Å². The molecule has 0 aromatic carbocycles. The Balaban J connectivity index is 0. The van der Waals surface area contributed by atoms with Crippen molar-refractivity contribution in [1.29, 1.82) is 0 Å². The predicted molar refractivity (Wildman–Crippen MR) is 108 cm³/mol. The molecule has 0 aliphatic carbocycles. The van der Waals surface area contributed by atoms with Gasteiger partial charge in [-0.15, -0.1) is 0 Å². The van der Waals surface area contributed by atoms with Crippen LogP contribution < -0.4 is 0 Å². The van der Waals surface area contributed by atoms with Crippen molar-refractivity contribution >= 4 is 39.7 Å². The molecule has 1 N–H and O–H groups in total. The van der Waals surface area contributed by atoms with Gasteiger partial charge in [0.05, 0.1) is 5.75 Å². The molecule has 0 amide bonds. The smallest absolute Gasteiger partial charge is 0.264 e. The molecule has 0 fully saturated rings. The molecule has 0 aliphatic rings. The molecule has 0 rings (SSSR count). The molecule has 0 aromatic heterocycles. The second kappa shape index (κ2) is 21.2. The molecular formula is C19H40NaO4S. The Morgan fingerprint density at radius 1 is 0.600 bits per heavy atom. The topological polar surface area (TPSA) is 63.6 Å².